The predicted molar refractivity (Wildman–Crippen MR) is 116 cm³/mol. The van der Waals surface area contributed by atoms with E-state index in [1.165, 1.54) is 17.2 Å². The van der Waals surface area contributed by atoms with Crippen molar-refractivity contribution < 1.29 is 9.90 Å². The third kappa shape index (κ3) is 4.80. The van der Waals surface area contributed by atoms with Gasteiger partial charge in [0.1, 0.15) is 0 Å². The Morgan fingerprint density at radius 1 is 1.11 bits per heavy atom. The zero-order valence-electron chi connectivity index (χ0n) is 16.0. The topological polar surface area (TPSA) is 55.8 Å². The first-order valence-corrected chi connectivity index (χ1v) is 11.1. The van der Waals surface area contributed by atoms with Gasteiger partial charge in [-0.25, -0.2) is 4.79 Å². The minimum atomic E-state index is -0.674. The number of aliphatic hydroxyl groups excluding tert-OH is 1. The van der Waals surface area contributed by atoms with Gasteiger partial charge in [0.05, 0.1) is 12.6 Å². The van der Waals surface area contributed by atoms with E-state index < -0.39 is 6.10 Å². The summed E-state index contributed by atoms with van der Waals surface area (Å²) in [5.41, 5.74) is 2.84. The van der Waals surface area contributed by atoms with Gasteiger partial charge in [0, 0.05) is 42.0 Å². The van der Waals surface area contributed by atoms with Gasteiger partial charge in [-0.05, 0) is 42.7 Å². The minimum Gasteiger partial charge on any atom is -0.387 e. The summed E-state index contributed by atoms with van der Waals surface area (Å²) in [6, 6.07) is 17.7. The third-order valence-corrected chi connectivity index (χ3v) is 6.24. The van der Waals surface area contributed by atoms with E-state index in [9.17, 15) is 9.90 Å². The van der Waals surface area contributed by atoms with E-state index in [2.05, 4.69) is 22.3 Å². The van der Waals surface area contributed by atoms with E-state index in [0.717, 1.165) is 37.2 Å². The summed E-state index contributed by atoms with van der Waals surface area (Å²) < 4.78 is 0. The van der Waals surface area contributed by atoms with Crippen molar-refractivity contribution in [2.45, 2.75) is 25.0 Å². The lowest BCUT2D eigenvalue weighted by molar-refractivity contribution is 0.123. The van der Waals surface area contributed by atoms with Crippen LogP contribution in [0.2, 0.25) is 0 Å². The van der Waals surface area contributed by atoms with Crippen LogP contribution in [0.5, 0.6) is 0 Å². The molecule has 2 aromatic carbocycles. The molecular weight excluding hydrogens is 370 g/mol. The van der Waals surface area contributed by atoms with Gasteiger partial charge in [-0.15, -0.1) is 0 Å². The molecule has 2 aromatic rings. The van der Waals surface area contributed by atoms with Crippen molar-refractivity contribution in [1.82, 2.24) is 4.90 Å². The molecule has 0 spiro atoms. The highest BCUT2D eigenvalue weighted by Gasteiger charge is 2.34. The van der Waals surface area contributed by atoms with Crippen LogP contribution in [-0.2, 0) is 0 Å². The maximum atomic E-state index is 12.8. The van der Waals surface area contributed by atoms with E-state index in [1.807, 2.05) is 54.2 Å². The summed E-state index contributed by atoms with van der Waals surface area (Å²) in [5.74, 6) is 2.33. The molecule has 1 heterocycles. The summed E-state index contributed by atoms with van der Waals surface area (Å²) in [6.07, 6.45) is 1.33. The number of carbonyl (C=O) groups is 1. The Labute approximate surface area is 170 Å². The van der Waals surface area contributed by atoms with Crippen LogP contribution >= 0.6 is 11.8 Å². The van der Waals surface area contributed by atoms with E-state index in [4.69, 9.17) is 0 Å². The Morgan fingerprint density at radius 3 is 2.43 bits per heavy atom. The fourth-order valence-electron chi connectivity index (χ4n) is 3.52. The molecule has 1 aliphatic carbocycles. The Balaban J connectivity index is 1.38. The van der Waals surface area contributed by atoms with Gasteiger partial charge in [-0.1, -0.05) is 30.3 Å². The summed E-state index contributed by atoms with van der Waals surface area (Å²) in [5, 5.41) is 13.5. The van der Waals surface area contributed by atoms with Gasteiger partial charge >= 0.3 is 6.03 Å². The first-order valence-electron chi connectivity index (χ1n) is 9.94. The second-order valence-electron chi connectivity index (χ2n) is 7.39. The average Bonchev–Trinajstić information content (AvgIpc) is 3.59. The SMILES string of the molecule is O=C(Nc1ccc(N2CCSCC2)cc1)N(C[C@H](O)c1ccccc1)C1CC1. The van der Waals surface area contributed by atoms with Gasteiger partial charge in [0.2, 0.25) is 0 Å². The summed E-state index contributed by atoms with van der Waals surface area (Å²) in [7, 11) is 0. The molecule has 1 atom stereocenters. The van der Waals surface area contributed by atoms with E-state index in [-0.39, 0.29) is 12.1 Å². The van der Waals surface area contributed by atoms with Crippen molar-refractivity contribution in [2.24, 2.45) is 0 Å². The lowest BCUT2D eigenvalue weighted by atomic mass is 10.1. The van der Waals surface area contributed by atoms with Crippen molar-refractivity contribution in [3.63, 3.8) is 0 Å². The largest absolute Gasteiger partial charge is 0.387 e. The Bertz CT molecular complexity index is 774. The molecule has 0 unspecified atom stereocenters. The van der Waals surface area contributed by atoms with E-state index >= 15 is 0 Å². The molecular formula is C22H27N3O2S. The molecule has 6 heteroatoms. The maximum Gasteiger partial charge on any atom is 0.322 e. The molecule has 148 valence electrons. The monoisotopic (exact) mass is 397 g/mol. The average molecular weight is 398 g/mol. The van der Waals surface area contributed by atoms with Crippen LogP contribution in [0, 0.1) is 0 Å². The Kier molecular flexibility index (Phi) is 6.07. The highest BCUT2D eigenvalue weighted by Crippen LogP contribution is 2.30. The zero-order valence-corrected chi connectivity index (χ0v) is 16.8. The minimum absolute atomic E-state index is 0.139. The number of aliphatic hydroxyl groups is 1. The first-order chi connectivity index (χ1) is 13.7. The maximum absolute atomic E-state index is 12.8. The smallest absolute Gasteiger partial charge is 0.322 e. The van der Waals surface area contributed by atoms with Crippen molar-refractivity contribution >= 4 is 29.2 Å². The summed E-state index contributed by atoms with van der Waals surface area (Å²) in [6.45, 7) is 2.45. The predicted octanol–water partition coefficient (Wildman–Crippen LogP) is 3.97. The number of amides is 2. The van der Waals surface area contributed by atoms with Crippen LogP contribution in [0.15, 0.2) is 54.6 Å². The number of nitrogens with one attached hydrogen (secondary N) is 1. The molecule has 0 aromatic heterocycles. The molecule has 4 rings (SSSR count). The molecule has 1 aliphatic heterocycles. The van der Waals surface area contributed by atoms with Crippen LogP contribution in [0.25, 0.3) is 0 Å². The van der Waals surface area contributed by atoms with Crippen LogP contribution < -0.4 is 10.2 Å². The van der Waals surface area contributed by atoms with Crippen molar-refractivity contribution in [3.8, 4) is 0 Å². The van der Waals surface area contributed by atoms with Gasteiger partial charge in [0.25, 0.3) is 0 Å². The van der Waals surface area contributed by atoms with E-state index in [0.29, 0.717) is 6.54 Å². The highest BCUT2D eigenvalue weighted by atomic mass is 32.2. The van der Waals surface area contributed by atoms with Crippen molar-refractivity contribution in [3.05, 3.63) is 60.2 Å². The molecule has 2 aliphatic rings. The molecule has 2 N–H and O–H groups in total. The fraction of sp³-hybridized carbons (Fsp3) is 0.409. The Morgan fingerprint density at radius 2 is 1.79 bits per heavy atom. The number of anilines is 2. The van der Waals surface area contributed by atoms with Gasteiger partial charge in [0.15, 0.2) is 0 Å². The van der Waals surface area contributed by atoms with Crippen LogP contribution in [0.4, 0.5) is 16.2 Å². The number of carbonyl (C=O) groups excluding carboxylic acids is 1. The second-order valence-corrected chi connectivity index (χ2v) is 8.61. The van der Waals surface area contributed by atoms with Crippen LogP contribution in [-0.4, -0.2) is 53.2 Å². The lowest BCUT2D eigenvalue weighted by Gasteiger charge is -2.29. The molecule has 28 heavy (non-hydrogen) atoms. The second kappa shape index (κ2) is 8.88. The number of urea groups is 1. The van der Waals surface area contributed by atoms with Crippen LogP contribution in [0.1, 0.15) is 24.5 Å². The first kappa shape index (κ1) is 19.2. The molecule has 0 bridgehead atoms. The molecule has 5 nitrogen and oxygen atoms in total. The molecule has 1 saturated carbocycles. The van der Waals surface area contributed by atoms with Gasteiger partial charge in [-0.3, -0.25) is 0 Å². The molecule has 1 saturated heterocycles. The standard InChI is InChI=1S/C22H27N3O2S/c26-21(17-4-2-1-3-5-17)16-25(20-10-11-20)22(27)23-18-6-8-19(9-7-18)24-12-14-28-15-13-24/h1-9,20-21,26H,10-16H2,(H,23,27)/t21-/m0/s1. The van der Waals surface area contributed by atoms with Crippen molar-refractivity contribution in [1.29, 1.82) is 0 Å². The summed E-state index contributed by atoms with van der Waals surface area (Å²) >= 11 is 2.00. The molecule has 0 radical (unpaired) electrons. The fourth-order valence-corrected chi connectivity index (χ4v) is 4.43. The lowest BCUT2D eigenvalue weighted by Crippen LogP contribution is -2.39. The van der Waals surface area contributed by atoms with Crippen molar-refractivity contribution in [2.75, 3.05) is 41.4 Å². The van der Waals surface area contributed by atoms with Gasteiger partial charge < -0.3 is 20.2 Å². The number of rotatable bonds is 6. The molecule has 2 fully saturated rings. The third-order valence-electron chi connectivity index (χ3n) is 5.30. The number of thioether (sulfide) groups is 1. The number of hydrogen-bond acceptors (Lipinski definition) is 4. The number of hydrogen-bond donors (Lipinski definition) is 2. The quantitative estimate of drug-likeness (QED) is 0.774. The zero-order chi connectivity index (χ0) is 19.3. The Hall–Kier alpha value is -2.18. The van der Waals surface area contributed by atoms with Crippen LogP contribution in [0.3, 0.4) is 0 Å². The highest BCUT2D eigenvalue weighted by molar-refractivity contribution is 7.99. The summed E-state index contributed by atoms with van der Waals surface area (Å²) in [4.78, 5) is 17.0. The normalized spacial score (nSPS) is 17.8. The number of nitrogens with zero attached hydrogens (tertiary/aromatic N) is 2. The van der Waals surface area contributed by atoms with Gasteiger partial charge in [-0.2, -0.15) is 11.8 Å². The number of benzene rings is 2. The molecule has 2 amide bonds. The van der Waals surface area contributed by atoms with E-state index in [1.54, 1.807) is 4.90 Å².